The van der Waals surface area contributed by atoms with Crippen LogP contribution in [0.4, 0.5) is 17.6 Å². The molecule has 0 bridgehead atoms. The molecule has 1 aliphatic rings. The lowest BCUT2D eigenvalue weighted by Crippen LogP contribution is -2.40. The quantitative estimate of drug-likeness (QED) is 0.520. The van der Waals surface area contributed by atoms with E-state index in [-0.39, 0.29) is 11.9 Å². The Hall–Kier alpha value is -0.0300. The van der Waals surface area contributed by atoms with E-state index in [0.717, 1.165) is 0 Å². The molecule has 0 radical (unpaired) electrons. The molecule has 0 aromatic rings. The fourth-order valence-electron chi connectivity index (χ4n) is 1.30. The highest BCUT2D eigenvalue weighted by atomic mass is 35.5. The van der Waals surface area contributed by atoms with Gasteiger partial charge in [-0.2, -0.15) is 8.78 Å². The van der Waals surface area contributed by atoms with E-state index >= 15 is 0 Å². The smallest absolute Gasteiger partial charge is 0.296 e. The summed E-state index contributed by atoms with van der Waals surface area (Å²) in [6.45, 7) is -0.256. The van der Waals surface area contributed by atoms with E-state index in [1.165, 1.54) is 4.90 Å². The van der Waals surface area contributed by atoms with Crippen LogP contribution in [0.3, 0.4) is 0 Å². The number of halogens is 5. The Balaban J connectivity index is 2.40. The summed E-state index contributed by atoms with van der Waals surface area (Å²) < 4.78 is 48.5. The molecule has 0 aromatic carbocycles. The van der Waals surface area contributed by atoms with Gasteiger partial charge in [0.25, 0.3) is 0 Å². The SMILES string of the molecule is FC(F)C(F)(F)CN1CCC(Cl)C1. The van der Waals surface area contributed by atoms with Gasteiger partial charge in [-0.3, -0.25) is 4.90 Å². The maximum Gasteiger partial charge on any atom is 0.319 e. The Labute approximate surface area is 78.6 Å². The minimum Gasteiger partial charge on any atom is -0.296 e. The maximum atomic E-state index is 12.5. The standard InChI is InChI=1S/C7H10ClF4N/c8-5-1-2-13(3-5)4-7(11,12)6(9)10/h5-6H,1-4H2. The molecule has 1 heterocycles. The minimum atomic E-state index is -3.92. The predicted octanol–water partition coefficient (Wildman–Crippen LogP) is 2.20. The highest BCUT2D eigenvalue weighted by Gasteiger charge is 2.43. The number of rotatable bonds is 3. The summed E-state index contributed by atoms with van der Waals surface area (Å²) in [5.41, 5.74) is 0. The van der Waals surface area contributed by atoms with Crippen LogP contribution in [0.25, 0.3) is 0 Å². The third kappa shape index (κ3) is 2.98. The molecular formula is C7H10ClF4N. The summed E-state index contributed by atoms with van der Waals surface area (Å²) in [6, 6.07) is 0. The first kappa shape index (κ1) is 11.0. The number of hydrogen-bond donors (Lipinski definition) is 0. The molecule has 1 nitrogen and oxygen atoms in total. The van der Waals surface area contributed by atoms with Crippen LogP contribution in [0.15, 0.2) is 0 Å². The van der Waals surface area contributed by atoms with Gasteiger partial charge < -0.3 is 0 Å². The Kier molecular flexibility index (Phi) is 3.40. The van der Waals surface area contributed by atoms with E-state index in [1.807, 2.05) is 0 Å². The fourth-order valence-corrected chi connectivity index (χ4v) is 1.59. The highest BCUT2D eigenvalue weighted by molar-refractivity contribution is 6.20. The molecule has 13 heavy (non-hydrogen) atoms. The molecule has 78 valence electrons. The Bertz CT molecular complexity index is 176. The average Bonchev–Trinajstić information content (AvgIpc) is 2.34. The van der Waals surface area contributed by atoms with E-state index in [1.54, 1.807) is 0 Å². The van der Waals surface area contributed by atoms with Crippen molar-refractivity contribution in [3.63, 3.8) is 0 Å². The molecule has 0 aliphatic carbocycles. The van der Waals surface area contributed by atoms with Crippen LogP contribution in [0.5, 0.6) is 0 Å². The molecule has 1 atom stereocenters. The lowest BCUT2D eigenvalue weighted by atomic mass is 10.3. The van der Waals surface area contributed by atoms with Crippen LogP contribution < -0.4 is 0 Å². The van der Waals surface area contributed by atoms with Crippen molar-refractivity contribution in [1.82, 2.24) is 4.90 Å². The average molecular weight is 220 g/mol. The van der Waals surface area contributed by atoms with Gasteiger partial charge in [-0.1, -0.05) is 0 Å². The third-order valence-electron chi connectivity index (χ3n) is 1.97. The van der Waals surface area contributed by atoms with Gasteiger partial charge in [0.05, 0.1) is 6.54 Å². The monoisotopic (exact) mass is 219 g/mol. The van der Waals surface area contributed by atoms with Crippen LogP contribution in [0, 0.1) is 0 Å². The molecule has 0 amide bonds. The van der Waals surface area contributed by atoms with Crippen LogP contribution in [0.2, 0.25) is 0 Å². The largest absolute Gasteiger partial charge is 0.319 e. The van der Waals surface area contributed by atoms with Crippen molar-refractivity contribution in [2.75, 3.05) is 19.6 Å². The van der Waals surface area contributed by atoms with Crippen LogP contribution in [-0.2, 0) is 0 Å². The first-order valence-corrected chi connectivity index (χ1v) is 4.38. The van der Waals surface area contributed by atoms with E-state index in [0.29, 0.717) is 13.0 Å². The molecule has 0 saturated carbocycles. The van der Waals surface area contributed by atoms with E-state index in [9.17, 15) is 17.6 Å². The van der Waals surface area contributed by atoms with Gasteiger partial charge in [-0.25, -0.2) is 8.78 Å². The topological polar surface area (TPSA) is 3.24 Å². The molecule has 0 aromatic heterocycles. The second kappa shape index (κ2) is 4.00. The van der Waals surface area contributed by atoms with Crippen molar-refractivity contribution in [1.29, 1.82) is 0 Å². The lowest BCUT2D eigenvalue weighted by Gasteiger charge is -2.22. The summed E-state index contributed by atoms with van der Waals surface area (Å²) >= 11 is 5.64. The zero-order valence-electron chi connectivity index (χ0n) is 6.82. The summed E-state index contributed by atoms with van der Waals surface area (Å²) in [5, 5.41) is -0.187. The van der Waals surface area contributed by atoms with Gasteiger partial charge in [-0.15, -0.1) is 11.6 Å². The second-order valence-electron chi connectivity index (χ2n) is 3.18. The summed E-state index contributed by atoms with van der Waals surface area (Å²) in [6.07, 6.45) is -3.01. The Morgan fingerprint density at radius 1 is 1.46 bits per heavy atom. The molecule has 1 aliphatic heterocycles. The third-order valence-corrected chi connectivity index (χ3v) is 2.32. The molecule has 0 spiro atoms. The molecule has 1 rings (SSSR count). The number of likely N-dealkylation sites (tertiary alicyclic amines) is 1. The maximum absolute atomic E-state index is 12.5. The molecular weight excluding hydrogens is 210 g/mol. The molecule has 1 unspecified atom stereocenters. The van der Waals surface area contributed by atoms with Crippen molar-refractivity contribution in [3.05, 3.63) is 0 Å². The van der Waals surface area contributed by atoms with Crippen LogP contribution >= 0.6 is 11.6 Å². The highest BCUT2D eigenvalue weighted by Crippen LogP contribution is 2.26. The normalized spacial score (nSPS) is 25.8. The van der Waals surface area contributed by atoms with Crippen LogP contribution in [0.1, 0.15) is 6.42 Å². The van der Waals surface area contributed by atoms with Crippen molar-refractivity contribution in [2.24, 2.45) is 0 Å². The van der Waals surface area contributed by atoms with Crippen molar-refractivity contribution < 1.29 is 17.6 Å². The molecule has 1 saturated heterocycles. The molecule has 6 heteroatoms. The summed E-state index contributed by atoms with van der Waals surface area (Å²) in [4.78, 5) is 1.27. The fraction of sp³-hybridized carbons (Fsp3) is 1.00. The van der Waals surface area contributed by atoms with Crippen molar-refractivity contribution in [3.8, 4) is 0 Å². The Morgan fingerprint density at radius 2 is 2.08 bits per heavy atom. The van der Waals surface area contributed by atoms with E-state index in [2.05, 4.69) is 0 Å². The van der Waals surface area contributed by atoms with Gasteiger partial charge in [0.15, 0.2) is 0 Å². The number of nitrogens with zero attached hydrogens (tertiary/aromatic N) is 1. The van der Waals surface area contributed by atoms with Gasteiger partial charge in [-0.05, 0) is 13.0 Å². The van der Waals surface area contributed by atoms with Crippen molar-refractivity contribution in [2.45, 2.75) is 24.1 Å². The number of alkyl halides is 5. The predicted molar refractivity (Wildman–Crippen MR) is 41.6 cm³/mol. The Morgan fingerprint density at radius 3 is 2.46 bits per heavy atom. The van der Waals surface area contributed by atoms with Gasteiger partial charge >= 0.3 is 12.3 Å². The lowest BCUT2D eigenvalue weighted by molar-refractivity contribution is -0.140. The van der Waals surface area contributed by atoms with Gasteiger partial charge in [0.1, 0.15) is 0 Å². The summed E-state index contributed by atoms with van der Waals surface area (Å²) in [5.74, 6) is -3.92. The molecule has 1 fully saturated rings. The zero-order valence-corrected chi connectivity index (χ0v) is 7.58. The molecule has 0 N–H and O–H groups in total. The second-order valence-corrected chi connectivity index (χ2v) is 3.80. The zero-order chi connectivity index (χ0) is 10.1. The van der Waals surface area contributed by atoms with E-state index in [4.69, 9.17) is 11.6 Å². The first-order valence-electron chi connectivity index (χ1n) is 3.94. The van der Waals surface area contributed by atoms with Crippen molar-refractivity contribution >= 4 is 11.6 Å². The van der Waals surface area contributed by atoms with E-state index < -0.39 is 18.9 Å². The summed E-state index contributed by atoms with van der Waals surface area (Å²) in [7, 11) is 0. The number of hydrogen-bond acceptors (Lipinski definition) is 1. The first-order chi connectivity index (χ1) is 5.92. The minimum absolute atomic E-state index is 0.187. The van der Waals surface area contributed by atoms with Gasteiger partial charge in [0.2, 0.25) is 0 Å². The van der Waals surface area contributed by atoms with Gasteiger partial charge in [0, 0.05) is 11.9 Å². The van der Waals surface area contributed by atoms with Crippen LogP contribution in [-0.4, -0.2) is 42.3 Å².